The number of benzene rings is 1. The van der Waals surface area contributed by atoms with Crippen LogP contribution in [0.1, 0.15) is 27.3 Å². The predicted molar refractivity (Wildman–Crippen MR) is 67.9 cm³/mol. The van der Waals surface area contributed by atoms with Crippen molar-refractivity contribution in [2.75, 3.05) is 0 Å². The van der Waals surface area contributed by atoms with Gasteiger partial charge in [0.15, 0.2) is 5.78 Å². The van der Waals surface area contributed by atoms with Crippen molar-refractivity contribution >= 4 is 11.9 Å². The van der Waals surface area contributed by atoms with Crippen LogP contribution in [0.3, 0.4) is 0 Å². The molecule has 0 aliphatic carbocycles. The summed E-state index contributed by atoms with van der Waals surface area (Å²) in [6, 6.07) is 5.87. The van der Waals surface area contributed by atoms with Crippen LogP contribution in [-0.4, -0.2) is 15.8 Å². The molecule has 0 fully saturated rings. The Morgan fingerprint density at radius 1 is 1.35 bits per heavy atom. The van der Waals surface area contributed by atoms with E-state index in [4.69, 9.17) is 0 Å². The molecule has 0 amide bonds. The summed E-state index contributed by atoms with van der Waals surface area (Å²) < 4.78 is 0. The first kappa shape index (κ1) is 11.3. The smallest absolute Gasteiger partial charge is 0.186 e. The average molecular weight is 226 g/mol. The number of aryl methyl sites for hydroxylation is 2. The van der Waals surface area contributed by atoms with E-state index in [0.29, 0.717) is 5.82 Å². The van der Waals surface area contributed by atoms with E-state index in [1.165, 1.54) is 0 Å². The fraction of sp³-hybridized carbons (Fsp3) is 0.143. The number of ketones is 1. The quantitative estimate of drug-likeness (QED) is 0.646. The number of aromatic amines is 1. The number of allylic oxidation sites excluding steroid dienone is 1. The molecule has 0 atom stereocenters. The summed E-state index contributed by atoms with van der Waals surface area (Å²) in [5, 5.41) is 0. The highest BCUT2D eigenvalue weighted by molar-refractivity contribution is 6.07. The van der Waals surface area contributed by atoms with Gasteiger partial charge in [0.2, 0.25) is 0 Å². The molecule has 0 saturated carbocycles. The number of rotatable bonds is 3. The number of hydrogen-bond donors (Lipinski definition) is 1. The van der Waals surface area contributed by atoms with Gasteiger partial charge in [-0.2, -0.15) is 0 Å². The molecule has 0 bridgehead atoms. The van der Waals surface area contributed by atoms with Crippen molar-refractivity contribution in [3.8, 4) is 0 Å². The van der Waals surface area contributed by atoms with Gasteiger partial charge < -0.3 is 4.98 Å². The van der Waals surface area contributed by atoms with Gasteiger partial charge in [0.05, 0.1) is 0 Å². The number of nitrogens with one attached hydrogen (secondary N) is 1. The number of carbonyl (C=O) groups is 1. The topological polar surface area (TPSA) is 45.8 Å². The molecule has 0 unspecified atom stereocenters. The largest absolute Gasteiger partial charge is 0.345 e. The van der Waals surface area contributed by atoms with E-state index in [2.05, 4.69) is 9.97 Å². The standard InChI is InChI=1S/C14H14N2O/c1-10-3-4-11(2)12(9-10)13(17)5-6-14-15-7-8-16-14/h3-9H,1-2H3,(H,15,16)/b6-5+. The van der Waals surface area contributed by atoms with E-state index in [1.807, 2.05) is 32.0 Å². The lowest BCUT2D eigenvalue weighted by Crippen LogP contribution is -1.98. The summed E-state index contributed by atoms with van der Waals surface area (Å²) in [5.74, 6) is 0.686. The van der Waals surface area contributed by atoms with Gasteiger partial charge >= 0.3 is 0 Å². The third-order valence-electron chi connectivity index (χ3n) is 2.57. The lowest BCUT2D eigenvalue weighted by atomic mass is 10.0. The fourth-order valence-corrected chi connectivity index (χ4v) is 1.61. The fourth-order valence-electron chi connectivity index (χ4n) is 1.61. The zero-order valence-electron chi connectivity index (χ0n) is 9.90. The zero-order chi connectivity index (χ0) is 12.3. The summed E-state index contributed by atoms with van der Waals surface area (Å²) in [4.78, 5) is 18.9. The molecule has 0 spiro atoms. The lowest BCUT2D eigenvalue weighted by molar-refractivity contribution is 0.104. The number of hydrogen-bond acceptors (Lipinski definition) is 2. The maximum absolute atomic E-state index is 12.0. The molecule has 3 heteroatoms. The van der Waals surface area contributed by atoms with Crippen LogP contribution >= 0.6 is 0 Å². The minimum Gasteiger partial charge on any atom is -0.345 e. The van der Waals surface area contributed by atoms with E-state index in [1.54, 1.807) is 24.5 Å². The first-order chi connectivity index (χ1) is 8.16. The van der Waals surface area contributed by atoms with Crippen molar-refractivity contribution < 1.29 is 4.79 Å². The summed E-state index contributed by atoms with van der Waals surface area (Å²) in [6.07, 6.45) is 6.61. The SMILES string of the molecule is Cc1ccc(C)c(C(=O)/C=C/c2ncc[nH]2)c1. The van der Waals surface area contributed by atoms with Crippen LogP contribution in [-0.2, 0) is 0 Å². The van der Waals surface area contributed by atoms with Crippen LogP contribution in [0.4, 0.5) is 0 Å². The van der Waals surface area contributed by atoms with Crippen molar-refractivity contribution in [3.05, 3.63) is 59.2 Å². The minimum atomic E-state index is 0.00241. The molecule has 2 aromatic rings. The Balaban J connectivity index is 2.23. The number of carbonyl (C=O) groups excluding carboxylic acids is 1. The van der Waals surface area contributed by atoms with E-state index in [0.717, 1.165) is 16.7 Å². The Bertz CT molecular complexity index is 554. The summed E-state index contributed by atoms with van der Waals surface area (Å²) in [6.45, 7) is 3.92. The third kappa shape index (κ3) is 2.69. The molecule has 17 heavy (non-hydrogen) atoms. The molecule has 86 valence electrons. The molecule has 0 aliphatic rings. The van der Waals surface area contributed by atoms with Gasteiger partial charge in [-0.3, -0.25) is 4.79 Å². The molecule has 1 N–H and O–H groups in total. The Labute approximate surface area is 100 Å². The number of nitrogens with zero attached hydrogens (tertiary/aromatic N) is 1. The predicted octanol–water partition coefficient (Wildman–Crippen LogP) is 2.92. The maximum Gasteiger partial charge on any atom is 0.186 e. The average Bonchev–Trinajstić information content (AvgIpc) is 2.82. The van der Waals surface area contributed by atoms with Gasteiger partial charge in [-0.15, -0.1) is 0 Å². The van der Waals surface area contributed by atoms with Crippen molar-refractivity contribution in [1.29, 1.82) is 0 Å². The van der Waals surface area contributed by atoms with Crippen LogP contribution in [0, 0.1) is 13.8 Å². The normalized spacial score (nSPS) is 10.9. The van der Waals surface area contributed by atoms with Gasteiger partial charge in [-0.05, 0) is 37.6 Å². The number of aromatic nitrogens is 2. The molecule has 1 heterocycles. The second-order valence-corrected chi connectivity index (χ2v) is 3.99. The highest BCUT2D eigenvalue weighted by atomic mass is 16.1. The van der Waals surface area contributed by atoms with Crippen molar-refractivity contribution in [2.45, 2.75) is 13.8 Å². The van der Waals surface area contributed by atoms with Crippen LogP contribution in [0.15, 0.2) is 36.7 Å². The lowest BCUT2D eigenvalue weighted by Gasteiger charge is -2.02. The Hall–Kier alpha value is -2.16. The maximum atomic E-state index is 12.0. The molecule has 1 aromatic carbocycles. The van der Waals surface area contributed by atoms with Gasteiger partial charge in [0.25, 0.3) is 0 Å². The van der Waals surface area contributed by atoms with E-state index in [9.17, 15) is 4.79 Å². The number of imidazole rings is 1. The summed E-state index contributed by atoms with van der Waals surface area (Å²) in [7, 11) is 0. The summed E-state index contributed by atoms with van der Waals surface area (Å²) in [5.41, 5.74) is 2.82. The molecule has 3 nitrogen and oxygen atoms in total. The molecule has 0 radical (unpaired) electrons. The zero-order valence-corrected chi connectivity index (χ0v) is 9.90. The Morgan fingerprint density at radius 2 is 2.18 bits per heavy atom. The minimum absolute atomic E-state index is 0.00241. The second-order valence-electron chi connectivity index (χ2n) is 3.99. The van der Waals surface area contributed by atoms with Crippen LogP contribution in [0.25, 0.3) is 6.08 Å². The van der Waals surface area contributed by atoms with Gasteiger partial charge in [-0.25, -0.2) is 4.98 Å². The first-order valence-corrected chi connectivity index (χ1v) is 5.46. The van der Waals surface area contributed by atoms with E-state index < -0.39 is 0 Å². The van der Waals surface area contributed by atoms with Crippen molar-refractivity contribution in [2.24, 2.45) is 0 Å². The molecular weight excluding hydrogens is 212 g/mol. The van der Waals surface area contributed by atoms with Crippen molar-refractivity contribution in [3.63, 3.8) is 0 Å². The molecule has 0 aliphatic heterocycles. The van der Waals surface area contributed by atoms with E-state index in [-0.39, 0.29) is 5.78 Å². The molecular formula is C14H14N2O. The van der Waals surface area contributed by atoms with Crippen LogP contribution in [0.5, 0.6) is 0 Å². The highest BCUT2D eigenvalue weighted by Gasteiger charge is 2.05. The van der Waals surface area contributed by atoms with Gasteiger partial charge in [-0.1, -0.05) is 17.7 Å². The highest BCUT2D eigenvalue weighted by Crippen LogP contribution is 2.12. The molecule has 1 aromatic heterocycles. The monoisotopic (exact) mass is 226 g/mol. The van der Waals surface area contributed by atoms with E-state index >= 15 is 0 Å². The molecule has 2 rings (SSSR count). The van der Waals surface area contributed by atoms with Crippen LogP contribution in [0.2, 0.25) is 0 Å². The third-order valence-corrected chi connectivity index (χ3v) is 2.57. The summed E-state index contributed by atoms with van der Waals surface area (Å²) >= 11 is 0. The first-order valence-electron chi connectivity index (χ1n) is 5.46. The van der Waals surface area contributed by atoms with Gasteiger partial charge in [0, 0.05) is 18.0 Å². The molecule has 0 saturated heterocycles. The Kier molecular flexibility index (Phi) is 3.19. The number of H-pyrrole nitrogens is 1. The Morgan fingerprint density at radius 3 is 2.88 bits per heavy atom. The van der Waals surface area contributed by atoms with Crippen LogP contribution < -0.4 is 0 Å². The van der Waals surface area contributed by atoms with Gasteiger partial charge in [0.1, 0.15) is 5.82 Å². The van der Waals surface area contributed by atoms with Crippen molar-refractivity contribution in [1.82, 2.24) is 9.97 Å². The second kappa shape index (κ2) is 4.78.